The largest absolute Gasteiger partial charge is 0.346 e. The van der Waals surface area contributed by atoms with Crippen molar-refractivity contribution >= 4 is 24.2 Å². The van der Waals surface area contributed by atoms with Crippen molar-refractivity contribution < 1.29 is 9.59 Å². The lowest BCUT2D eigenvalue weighted by molar-refractivity contribution is -0.130. The second-order valence-electron chi connectivity index (χ2n) is 5.28. The number of urea groups is 1. The number of rotatable bonds is 4. The maximum Gasteiger partial charge on any atom is 0.346 e. The predicted octanol–water partition coefficient (Wildman–Crippen LogP) is 2.80. The molecule has 0 radical (unpaired) electrons. The van der Waals surface area contributed by atoms with E-state index in [2.05, 4.69) is 10.4 Å². The lowest BCUT2D eigenvalue weighted by Gasteiger charge is -2.17. The second-order valence-corrected chi connectivity index (χ2v) is 5.28. The topological polar surface area (TPSA) is 61.8 Å². The van der Waals surface area contributed by atoms with Gasteiger partial charge < -0.3 is 5.32 Å². The fourth-order valence-corrected chi connectivity index (χ4v) is 2.01. The average molecular weight is 285 g/mol. The Labute approximate surface area is 124 Å². The number of imide groups is 1. The van der Waals surface area contributed by atoms with E-state index in [4.69, 9.17) is 0 Å². The third kappa shape index (κ3) is 3.18. The van der Waals surface area contributed by atoms with Gasteiger partial charge in [-0.25, -0.2) is 4.79 Å². The molecule has 0 aliphatic carbocycles. The number of carbonyl (C=O) groups excluding carboxylic acids is 2. The van der Waals surface area contributed by atoms with Gasteiger partial charge >= 0.3 is 6.03 Å². The zero-order valence-electron chi connectivity index (χ0n) is 12.5. The molecule has 1 saturated heterocycles. The van der Waals surface area contributed by atoms with Crippen LogP contribution in [0.5, 0.6) is 0 Å². The summed E-state index contributed by atoms with van der Waals surface area (Å²) < 4.78 is 0. The number of amides is 3. The van der Waals surface area contributed by atoms with E-state index < -0.39 is 11.6 Å². The number of allylic oxidation sites excluding steroid dienone is 1. The maximum atomic E-state index is 12.1. The number of hydrazone groups is 1. The molecule has 0 saturated carbocycles. The van der Waals surface area contributed by atoms with Crippen molar-refractivity contribution in [2.75, 3.05) is 0 Å². The molecule has 1 aromatic carbocycles. The molecule has 0 bridgehead atoms. The van der Waals surface area contributed by atoms with Gasteiger partial charge in [0.25, 0.3) is 5.91 Å². The SMILES string of the molecule is CC[C@]1(C)NC(=O)N(N=C/C(C)=C/c2ccccc2)C1=O. The van der Waals surface area contributed by atoms with E-state index in [-0.39, 0.29) is 5.91 Å². The zero-order valence-corrected chi connectivity index (χ0v) is 12.5. The maximum absolute atomic E-state index is 12.1. The van der Waals surface area contributed by atoms with Crippen LogP contribution < -0.4 is 5.32 Å². The van der Waals surface area contributed by atoms with Gasteiger partial charge in [0.2, 0.25) is 0 Å². The summed E-state index contributed by atoms with van der Waals surface area (Å²) in [5.74, 6) is -0.321. The van der Waals surface area contributed by atoms with Crippen LogP contribution in [-0.2, 0) is 4.79 Å². The first-order chi connectivity index (χ1) is 9.96. The molecule has 110 valence electrons. The van der Waals surface area contributed by atoms with E-state index in [9.17, 15) is 9.59 Å². The van der Waals surface area contributed by atoms with Crippen LogP contribution in [0.15, 0.2) is 41.0 Å². The van der Waals surface area contributed by atoms with Gasteiger partial charge in [0.15, 0.2) is 0 Å². The van der Waals surface area contributed by atoms with Crippen LogP contribution in [0.25, 0.3) is 6.08 Å². The van der Waals surface area contributed by atoms with Crippen LogP contribution in [0.3, 0.4) is 0 Å². The minimum absolute atomic E-state index is 0.321. The van der Waals surface area contributed by atoms with E-state index in [1.54, 1.807) is 6.92 Å². The van der Waals surface area contributed by atoms with E-state index in [1.165, 1.54) is 6.21 Å². The van der Waals surface area contributed by atoms with Crippen molar-refractivity contribution in [1.29, 1.82) is 0 Å². The lowest BCUT2D eigenvalue weighted by Crippen LogP contribution is -2.42. The molecule has 0 aromatic heterocycles. The Morgan fingerprint density at radius 2 is 2.00 bits per heavy atom. The quantitative estimate of drug-likeness (QED) is 0.683. The monoisotopic (exact) mass is 285 g/mol. The molecule has 5 heteroatoms. The highest BCUT2D eigenvalue weighted by atomic mass is 16.2. The molecule has 21 heavy (non-hydrogen) atoms. The normalized spacial score (nSPS) is 23.0. The lowest BCUT2D eigenvalue weighted by atomic mass is 10.00. The summed E-state index contributed by atoms with van der Waals surface area (Å²) in [5, 5.41) is 7.56. The Morgan fingerprint density at radius 3 is 2.57 bits per heavy atom. The summed E-state index contributed by atoms with van der Waals surface area (Å²) in [6.07, 6.45) is 3.98. The summed E-state index contributed by atoms with van der Waals surface area (Å²) in [4.78, 5) is 23.9. The third-order valence-electron chi connectivity index (χ3n) is 3.52. The van der Waals surface area contributed by atoms with Crippen molar-refractivity contribution in [2.45, 2.75) is 32.7 Å². The molecule has 1 heterocycles. The molecule has 1 aliphatic heterocycles. The van der Waals surface area contributed by atoms with Gasteiger partial charge in [-0.15, -0.1) is 5.01 Å². The summed E-state index contributed by atoms with van der Waals surface area (Å²) in [6, 6.07) is 9.30. The minimum Gasteiger partial charge on any atom is -0.322 e. The number of carbonyl (C=O) groups is 2. The first kappa shape index (κ1) is 15.0. The molecule has 3 amide bonds. The van der Waals surface area contributed by atoms with Crippen molar-refractivity contribution in [1.82, 2.24) is 10.3 Å². The summed E-state index contributed by atoms with van der Waals surface area (Å²) in [6.45, 7) is 5.43. The van der Waals surface area contributed by atoms with Crippen LogP contribution >= 0.6 is 0 Å². The molecule has 5 nitrogen and oxygen atoms in total. The van der Waals surface area contributed by atoms with Gasteiger partial charge in [-0.1, -0.05) is 43.3 Å². The van der Waals surface area contributed by atoms with Crippen molar-refractivity contribution in [3.8, 4) is 0 Å². The van der Waals surface area contributed by atoms with E-state index in [0.29, 0.717) is 6.42 Å². The molecule has 1 fully saturated rings. The minimum atomic E-state index is -0.856. The molecule has 1 aromatic rings. The predicted molar refractivity (Wildman–Crippen MR) is 82.7 cm³/mol. The Balaban J connectivity index is 2.13. The van der Waals surface area contributed by atoms with E-state index in [0.717, 1.165) is 16.1 Å². The van der Waals surface area contributed by atoms with Gasteiger partial charge in [0.1, 0.15) is 5.54 Å². The van der Waals surface area contributed by atoms with Gasteiger partial charge in [-0.3, -0.25) is 4.79 Å². The van der Waals surface area contributed by atoms with Gasteiger partial charge in [-0.05, 0) is 31.4 Å². The number of nitrogens with one attached hydrogen (secondary N) is 1. The molecule has 2 rings (SSSR count). The summed E-state index contributed by atoms with van der Waals surface area (Å²) in [7, 11) is 0. The molecule has 1 N–H and O–H groups in total. The van der Waals surface area contributed by atoms with Crippen LogP contribution in [0, 0.1) is 0 Å². The van der Waals surface area contributed by atoms with E-state index in [1.807, 2.05) is 50.3 Å². The van der Waals surface area contributed by atoms with Crippen molar-refractivity contribution in [3.05, 3.63) is 41.5 Å². The first-order valence-corrected chi connectivity index (χ1v) is 6.90. The fourth-order valence-electron chi connectivity index (χ4n) is 2.01. The van der Waals surface area contributed by atoms with Crippen molar-refractivity contribution in [2.24, 2.45) is 5.10 Å². The van der Waals surface area contributed by atoms with Crippen LogP contribution in [0.4, 0.5) is 4.79 Å². The molecule has 0 unspecified atom stereocenters. The summed E-state index contributed by atoms with van der Waals surface area (Å²) >= 11 is 0. The number of benzene rings is 1. The molecular formula is C16H19N3O2. The fraction of sp³-hybridized carbons (Fsp3) is 0.312. The number of hydrogen-bond acceptors (Lipinski definition) is 3. The number of hydrogen-bond donors (Lipinski definition) is 1. The van der Waals surface area contributed by atoms with Crippen LogP contribution in [0.1, 0.15) is 32.8 Å². The first-order valence-electron chi connectivity index (χ1n) is 6.90. The van der Waals surface area contributed by atoms with Crippen molar-refractivity contribution in [3.63, 3.8) is 0 Å². The Hall–Kier alpha value is -2.43. The zero-order chi connectivity index (χ0) is 15.5. The Kier molecular flexibility index (Phi) is 4.21. The van der Waals surface area contributed by atoms with E-state index >= 15 is 0 Å². The smallest absolute Gasteiger partial charge is 0.322 e. The van der Waals surface area contributed by atoms with Gasteiger partial charge in [-0.2, -0.15) is 5.10 Å². The second kappa shape index (κ2) is 5.91. The van der Waals surface area contributed by atoms with Crippen LogP contribution in [0.2, 0.25) is 0 Å². The molecule has 0 spiro atoms. The third-order valence-corrected chi connectivity index (χ3v) is 3.52. The number of nitrogens with zero attached hydrogens (tertiary/aromatic N) is 2. The molecule has 1 atom stereocenters. The standard InChI is InChI=1S/C16H19N3O2/c1-4-16(3)14(20)19(15(21)18-16)17-11-12(2)10-13-8-6-5-7-9-13/h5-11H,4H2,1-3H3,(H,18,21)/b12-10+,17-11?/t16-/m0/s1. The van der Waals surface area contributed by atoms with Gasteiger partial charge in [0, 0.05) is 0 Å². The Bertz CT molecular complexity index is 607. The molecule has 1 aliphatic rings. The Morgan fingerprint density at radius 1 is 1.33 bits per heavy atom. The molecular weight excluding hydrogens is 266 g/mol. The average Bonchev–Trinajstić information content (AvgIpc) is 2.69. The van der Waals surface area contributed by atoms with Crippen LogP contribution in [-0.4, -0.2) is 28.7 Å². The highest BCUT2D eigenvalue weighted by Gasteiger charge is 2.46. The highest BCUT2D eigenvalue weighted by molar-refractivity contribution is 6.07. The van der Waals surface area contributed by atoms with Gasteiger partial charge in [0.05, 0.1) is 6.21 Å². The summed E-state index contributed by atoms with van der Waals surface area (Å²) in [5.41, 5.74) is 1.04. The highest BCUT2D eigenvalue weighted by Crippen LogP contribution is 2.20.